The van der Waals surface area contributed by atoms with Crippen LogP contribution in [0.1, 0.15) is 12.6 Å². The summed E-state index contributed by atoms with van der Waals surface area (Å²) in [6.07, 6.45) is 2.89. The van der Waals surface area contributed by atoms with Crippen LogP contribution in [0.25, 0.3) is 0 Å². The average Bonchev–Trinajstić information content (AvgIpc) is 1.88. The summed E-state index contributed by atoms with van der Waals surface area (Å²) in [6.45, 7) is 1.53. The third-order valence-corrected chi connectivity index (χ3v) is 1.06. The molecule has 0 atom stereocenters. The number of nitrogens with one attached hydrogen (secondary N) is 2. The van der Waals surface area contributed by atoms with E-state index in [2.05, 4.69) is 9.97 Å². The maximum atomic E-state index is 10.8. The largest absolute Gasteiger partial charge is 0.326 e. The van der Waals surface area contributed by atoms with E-state index in [0.717, 1.165) is 0 Å². The van der Waals surface area contributed by atoms with E-state index in [0.29, 0.717) is 0 Å². The van der Waals surface area contributed by atoms with E-state index < -0.39 is 0 Å². The molecule has 0 aliphatic heterocycles. The van der Waals surface area contributed by atoms with Crippen molar-refractivity contribution < 1.29 is 0 Å². The van der Waals surface area contributed by atoms with Crippen molar-refractivity contribution in [1.82, 2.24) is 9.97 Å². The van der Waals surface area contributed by atoms with E-state index in [1.807, 2.05) is 0 Å². The van der Waals surface area contributed by atoms with Crippen LogP contribution < -0.4 is 5.56 Å². The lowest BCUT2D eigenvalue weighted by Crippen LogP contribution is -2.16. The normalized spacial score (nSPS) is 9.30. The first-order valence-electron chi connectivity index (χ1n) is 2.81. The molecule has 1 aromatic heterocycles. The fourth-order valence-electron chi connectivity index (χ4n) is 0.619. The van der Waals surface area contributed by atoms with Crippen molar-refractivity contribution in [3.8, 4) is 0 Å². The first-order chi connectivity index (χ1) is 4.72. The van der Waals surface area contributed by atoms with Crippen LogP contribution in [0, 0.1) is 5.41 Å². The Bertz CT molecular complexity index is 302. The Morgan fingerprint density at radius 2 is 2.50 bits per heavy atom. The first kappa shape index (κ1) is 6.67. The molecule has 0 fully saturated rings. The number of aromatic amines is 1. The van der Waals surface area contributed by atoms with Gasteiger partial charge in [0.25, 0.3) is 5.56 Å². The van der Waals surface area contributed by atoms with Crippen molar-refractivity contribution in [2.45, 2.75) is 6.92 Å². The first-order valence-corrected chi connectivity index (χ1v) is 2.81. The SMILES string of the molecule is CC(=N)c1ncc[nH]c1=O. The lowest BCUT2D eigenvalue weighted by Gasteiger charge is -1.91. The summed E-state index contributed by atoms with van der Waals surface area (Å²) in [5.74, 6) is 0. The van der Waals surface area contributed by atoms with Crippen molar-refractivity contribution in [1.29, 1.82) is 5.41 Å². The summed E-state index contributed by atoms with van der Waals surface area (Å²) in [5, 5.41) is 7.09. The smallest absolute Gasteiger partial charge is 0.275 e. The highest BCUT2D eigenvalue weighted by molar-refractivity contribution is 5.93. The summed E-state index contributed by atoms with van der Waals surface area (Å²) >= 11 is 0. The quantitative estimate of drug-likeness (QED) is 0.541. The van der Waals surface area contributed by atoms with Gasteiger partial charge in [-0.2, -0.15) is 0 Å². The molecule has 0 bridgehead atoms. The highest BCUT2D eigenvalue weighted by Crippen LogP contribution is 1.82. The van der Waals surface area contributed by atoms with Gasteiger partial charge < -0.3 is 10.4 Å². The zero-order chi connectivity index (χ0) is 7.56. The third kappa shape index (κ3) is 1.10. The minimum Gasteiger partial charge on any atom is -0.326 e. The predicted octanol–water partition coefficient (Wildman–Crippen LogP) is 0.158. The second kappa shape index (κ2) is 2.43. The molecule has 0 saturated carbocycles. The molecule has 0 spiro atoms. The second-order valence-corrected chi connectivity index (χ2v) is 1.89. The van der Waals surface area contributed by atoms with Gasteiger partial charge in [-0.25, -0.2) is 4.98 Å². The van der Waals surface area contributed by atoms with E-state index in [1.165, 1.54) is 19.3 Å². The molecular formula is C6H7N3O. The molecule has 0 unspecified atom stereocenters. The number of rotatable bonds is 1. The van der Waals surface area contributed by atoms with Crippen molar-refractivity contribution in [3.05, 3.63) is 28.4 Å². The molecule has 0 aromatic carbocycles. The molecule has 1 aromatic rings. The molecule has 1 heterocycles. The van der Waals surface area contributed by atoms with Crippen molar-refractivity contribution in [2.24, 2.45) is 0 Å². The lowest BCUT2D eigenvalue weighted by atomic mass is 10.3. The third-order valence-electron chi connectivity index (χ3n) is 1.06. The number of H-pyrrole nitrogens is 1. The summed E-state index contributed by atoms with van der Waals surface area (Å²) in [6, 6.07) is 0. The highest BCUT2D eigenvalue weighted by atomic mass is 16.1. The topological polar surface area (TPSA) is 69.6 Å². The Kier molecular flexibility index (Phi) is 1.62. The maximum absolute atomic E-state index is 10.8. The van der Waals surface area contributed by atoms with Crippen molar-refractivity contribution >= 4 is 5.71 Å². The summed E-state index contributed by atoms with van der Waals surface area (Å²) in [7, 11) is 0. The zero-order valence-corrected chi connectivity index (χ0v) is 5.51. The van der Waals surface area contributed by atoms with Gasteiger partial charge in [-0.15, -0.1) is 0 Å². The van der Waals surface area contributed by atoms with Crippen LogP contribution in [-0.4, -0.2) is 15.7 Å². The summed E-state index contributed by atoms with van der Waals surface area (Å²) in [4.78, 5) is 16.9. The number of hydrogen-bond acceptors (Lipinski definition) is 3. The molecule has 0 aliphatic rings. The average molecular weight is 137 g/mol. The Morgan fingerprint density at radius 1 is 1.80 bits per heavy atom. The predicted molar refractivity (Wildman–Crippen MR) is 37.4 cm³/mol. The minimum absolute atomic E-state index is 0.182. The fourth-order valence-corrected chi connectivity index (χ4v) is 0.619. The molecule has 0 radical (unpaired) electrons. The van der Waals surface area contributed by atoms with Gasteiger partial charge in [0, 0.05) is 12.4 Å². The van der Waals surface area contributed by atoms with E-state index in [9.17, 15) is 4.79 Å². The Hall–Kier alpha value is -1.45. The van der Waals surface area contributed by atoms with Crippen LogP contribution in [-0.2, 0) is 0 Å². The zero-order valence-electron chi connectivity index (χ0n) is 5.51. The lowest BCUT2D eigenvalue weighted by molar-refractivity contribution is 1.11. The molecule has 2 N–H and O–H groups in total. The van der Waals surface area contributed by atoms with Gasteiger partial charge in [0.1, 0.15) is 5.69 Å². The van der Waals surface area contributed by atoms with E-state index in [1.54, 1.807) is 0 Å². The minimum atomic E-state index is -0.310. The van der Waals surface area contributed by atoms with Gasteiger partial charge in [0.2, 0.25) is 0 Å². The molecule has 0 amide bonds. The van der Waals surface area contributed by atoms with Gasteiger partial charge in [-0.05, 0) is 6.92 Å². The second-order valence-electron chi connectivity index (χ2n) is 1.89. The molecule has 0 aliphatic carbocycles. The molecule has 52 valence electrons. The molecule has 0 saturated heterocycles. The van der Waals surface area contributed by atoms with Crippen LogP contribution >= 0.6 is 0 Å². The Balaban J connectivity index is 3.29. The maximum Gasteiger partial charge on any atom is 0.275 e. The monoisotopic (exact) mass is 137 g/mol. The van der Waals surface area contributed by atoms with Gasteiger partial charge in [-0.1, -0.05) is 0 Å². The Morgan fingerprint density at radius 3 is 2.90 bits per heavy atom. The van der Waals surface area contributed by atoms with Crippen molar-refractivity contribution in [2.75, 3.05) is 0 Å². The van der Waals surface area contributed by atoms with E-state index in [4.69, 9.17) is 5.41 Å². The standard InChI is InChI=1S/C6H7N3O/c1-4(7)5-6(10)9-3-2-8-5/h2-3,7H,1H3,(H,9,10). The van der Waals surface area contributed by atoms with E-state index >= 15 is 0 Å². The van der Waals surface area contributed by atoms with Gasteiger partial charge >= 0.3 is 0 Å². The number of aromatic nitrogens is 2. The van der Waals surface area contributed by atoms with Crippen LogP contribution in [0.15, 0.2) is 17.2 Å². The molecule has 10 heavy (non-hydrogen) atoms. The van der Waals surface area contributed by atoms with Crippen LogP contribution in [0.5, 0.6) is 0 Å². The van der Waals surface area contributed by atoms with Crippen LogP contribution in [0.4, 0.5) is 0 Å². The van der Waals surface area contributed by atoms with Crippen LogP contribution in [0.2, 0.25) is 0 Å². The number of hydrogen-bond donors (Lipinski definition) is 2. The van der Waals surface area contributed by atoms with Crippen molar-refractivity contribution in [3.63, 3.8) is 0 Å². The van der Waals surface area contributed by atoms with Gasteiger partial charge in [0.15, 0.2) is 0 Å². The Labute approximate surface area is 57.4 Å². The highest BCUT2D eigenvalue weighted by Gasteiger charge is 1.99. The van der Waals surface area contributed by atoms with Crippen LogP contribution in [0.3, 0.4) is 0 Å². The fraction of sp³-hybridized carbons (Fsp3) is 0.167. The molecular weight excluding hydrogens is 130 g/mol. The molecule has 1 rings (SSSR count). The molecule has 4 heteroatoms. The number of nitrogens with zero attached hydrogens (tertiary/aromatic N) is 1. The molecule has 4 nitrogen and oxygen atoms in total. The van der Waals surface area contributed by atoms with E-state index in [-0.39, 0.29) is 17.0 Å². The summed E-state index contributed by atoms with van der Waals surface area (Å²) in [5.41, 5.74) is 0.0550. The van der Waals surface area contributed by atoms with Gasteiger partial charge in [-0.3, -0.25) is 4.79 Å². The van der Waals surface area contributed by atoms with Gasteiger partial charge in [0.05, 0.1) is 5.71 Å². The summed E-state index contributed by atoms with van der Waals surface area (Å²) < 4.78 is 0.